The van der Waals surface area contributed by atoms with Crippen LogP contribution in [0.5, 0.6) is 5.75 Å². The van der Waals surface area contributed by atoms with Gasteiger partial charge in [0.25, 0.3) is 5.56 Å². The van der Waals surface area contributed by atoms with Gasteiger partial charge in [-0.3, -0.25) is 9.59 Å². The Hall–Kier alpha value is -3.32. The largest absolute Gasteiger partial charge is 0.497 e. The number of benzene rings is 2. The van der Waals surface area contributed by atoms with Gasteiger partial charge in [-0.1, -0.05) is 61.5 Å². The van der Waals surface area contributed by atoms with Crippen LogP contribution in [0.25, 0.3) is 0 Å². The fourth-order valence-corrected chi connectivity index (χ4v) is 6.21. The number of hydrogen-bond donors (Lipinski definition) is 2. The summed E-state index contributed by atoms with van der Waals surface area (Å²) in [4.78, 5) is 34.8. The van der Waals surface area contributed by atoms with Crippen LogP contribution in [0.2, 0.25) is 0 Å². The summed E-state index contributed by atoms with van der Waals surface area (Å²) in [5.74, 6) is 1.49. The number of aromatic nitrogens is 2. The first-order valence-corrected chi connectivity index (χ1v) is 13.1. The van der Waals surface area contributed by atoms with E-state index < -0.39 is 5.92 Å². The molecular formula is C29H31N3O3S. The van der Waals surface area contributed by atoms with E-state index in [0.717, 1.165) is 11.3 Å². The SMILES string of the molecule is COc1cccc([C@@H]2C3=C(CC(C)(C)CC3=O)Nc3nc(SCc4ccc(C)cc4C)[nH]c(=O)c32)c1. The molecule has 0 bridgehead atoms. The summed E-state index contributed by atoms with van der Waals surface area (Å²) < 4.78 is 5.45. The van der Waals surface area contributed by atoms with E-state index in [1.165, 1.54) is 28.5 Å². The fourth-order valence-electron chi connectivity index (χ4n) is 5.27. The van der Waals surface area contributed by atoms with Crippen molar-refractivity contribution in [1.82, 2.24) is 9.97 Å². The van der Waals surface area contributed by atoms with Crippen LogP contribution in [0, 0.1) is 19.3 Å². The highest BCUT2D eigenvalue weighted by molar-refractivity contribution is 7.98. The third-order valence-electron chi connectivity index (χ3n) is 6.99. The molecule has 7 heteroatoms. The number of carbonyl (C=O) groups is 1. The van der Waals surface area contributed by atoms with Gasteiger partial charge in [0.2, 0.25) is 0 Å². The molecule has 2 aromatic carbocycles. The molecule has 0 spiro atoms. The molecule has 2 heterocycles. The number of carbonyl (C=O) groups excluding carboxylic acids is 1. The van der Waals surface area contributed by atoms with Crippen molar-refractivity contribution in [3.8, 4) is 5.75 Å². The van der Waals surface area contributed by atoms with E-state index in [-0.39, 0.29) is 16.8 Å². The van der Waals surface area contributed by atoms with Gasteiger partial charge in [-0.15, -0.1) is 0 Å². The summed E-state index contributed by atoms with van der Waals surface area (Å²) in [5.41, 5.74) is 6.11. The number of ether oxygens (including phenoxy) is 1. The molecule has 0 amide bonds. The zero-order valence-corrected chi connectivity index (χ0v) is 22.1. The number of anilines is 1. The topological polar surface area (TPSA) is 84.1 Å². The minimum atomic E-state index is -0.496. The lowest BCUT2D eigenvalue weighted by atomic mass is 9.69. The van der Waals surface area contributed by atoms with Crippen molar-refractivity contribution in [2.45, 2.75) is 57.4 Å². The lowest BCUT2D eigenvalue weighted by molar-refractivity contribution is -0.118. The minimum Gasteiger partial charge on any atom is -0.497 e. The molecule has 1 aliphatic heterocycles. The van der Waals surface area contributed by atoms with Crippen LogP contribution >= 0.6 is 11.8 Å². The standard InChI is InChI=1S/C29H31N3O3S/c1-16-9-10-19(17(2)11-16)15-36-28-31-26-25(27(34)32-28)23(18-7-6-8-20(12-18)35-5)24-21(30-26)13-29(3,4)14-22(24)33/h6-12,23H,13-15H2,1-5H3,(H2,30,31,32,34)/t23-/m1/s1. The normalized spacial score (nSPS) is 18.4. The van der Waals surface area contributed by atoms with Crippen LogP contribution < -0.4 is 15.6 Å². The van der Waals surface area contributed by atoms with Gasteiger partial charge in [0.1, 0.15) is 11.6 Å². The van der Waals surface area contributed by atoms with Gasteiger partial charge in [-0.05, 0) is 54.5 Å². The number of nitrogens with one attached hydrogen (secondary N) is 2. The van der Waals surface area contributed by atoms with E-state index in [1.54, 1.807) is 7.11 Å². The molecule has 0 unspecified atom stereocenters. The Kier molecular flexibility index (Phi) is 6.29. The van der Waals surface area contributed by atoms with Gasteiger partial charge in [0.05, 0.1) is 12.7 Å². The van der Waals surface area contributed by atoms with Crippen molar-refractivity contribution in [3.63, 3.8) is 0 Å². The number of rotatable bonds is 5. The number of fused-ring (bicyclic) bond motifs is 1. The molecule has 1 aliphatic carbocycles. The average Bonchev–Trinajstić information content (AvgIpc) is 2.81. The summed E-state index contributed by atoms with van der Waals surface area (Å²) in [6.07, 6.45) is 1.16. The summed E-state index contributed by atoms with van der Waals surface area (Å²) in [6.45, 7) is 8.38. The number of allylic oxidation sites excluding steroid dienone is 2. The van der Waals surface area contributed by atoms with E-state index in [9.17, 15) is 9.59 Å². The molecule has 1 atom stereocenters. The van der Waals surface area contributed by atoms with E-state index >= 15 is 0 Å². The average molecular weight is 502 g/mol. The molecule has 0 saturated heterocycles. The van der Waals surface area contributed by atoms with E-state index in [4.69, 9.17) is 9.72 Å². The molecule has 0 saturated carbocycles. The van der Waals surface area contributed by atoms with Crippen molar-refractivity contribution in [2.75, 3.05) is 12.4 Å². The minimum absolute atomic E-state index is 0.0694. The summed E-state index contributed by atoms with van der Waals surface area (Å²) >= 11 is 1.50. The number of aryl methyl sites for hydroxylation is 2. The highest BCUT2D eigenvalue weighted by atomic mass is 32.2. The molecule has 186 valence electrons. The molecule has 6 nitrogen and oxygen atoms in total. The van der Waals surface area contributed by atoms with Crippen LogP contribution in [0.3, 0.4) is 0 Å². The highest BCUT2D eigenvalue weighted by Gasteiger charge is 2.42. The van der Waals surface area contributed by atoms with Crippen LogP contribution in [-0.4, -0.2) is 22.9 Å². The maximum atomic E-state index is 13.5. The monoisotopic (exact) mass is 501 g/mol. The van der Waals surface area contributed by atoms with Crippen molar-refractivity contribution < 1.29 is 9.53 Å². The van der Waals surface area contributed by atoms with Gasteiger partial charge in [0, 0.05) is 29.4 Å². The van der Waals surface area contributed by atoms with Gasteiger partial charge in [-0.2, -0.15) is 0 Å². The quantitative estimate of drug-likeness (QED) is 0.335. The van der Waals surface area contributed by atoms with Gasteiger partial charge in [-0.25, -0.2) is 4.98 Å². The van der Waals surface area contributed by atoms with Crippen LogP contribution in [0.4, 0.5) is 5.82 Å². The Labute approximate surface area is 215 Å². The number of thioether (sulfide) groups is 1. The number of Topliss-reactive ketones (excluding diaryl/α,β-unsaturated/α-hetero) is 1. The van der Waals surface area contributed by atoms with E-state index in [2.05, 4.69) is 56.2 Å². The van der Waals surface area contributed by atoms with E-state index in [1.807, 2.05) is 24.3 Å². The fraction of sp³-hybridized carbons (Fsp3) is 0.345. The van der Waals surface area contributed by atoms with Crippen molar-refractivity contribution in [1.29, 1.82) is 0 Å². The number of ketones is 1. The second kappa shape index (κ2) is 9.28. The first-order valence-electron chi connectivity index (χ1n) is 12.2. The Bertz CT molecular complexity index is 1450. The second-order valence-electron chi connectivity index (χ2n) is 10.5. The molecule has 2 N–H and O–H groups in total. The lowest BCUT2D eigenvalue weighted by Gasteiger charge is -2.38. The smallest absolute Gasteiger partial charge is 0.257 e. The molecule has 1 aromatic heterocycles. The number of H-pyrrole nitrogens is 1. The first kappa shape index (κ1) is 24.4. The number of methoxy groups -OCH3 is 1. The van der Waals surface area contributed by atoms with Gasteiger partial charge < -0.3 is 15.0 Å². The predicted octanol–water partition coefficient (Wildman–Crippen LogP) is 5.89. The highest BCUT2D eigenvalue weighted by Crippen LogP contribution is 2.48. The number of hydrogen-bond acceptors (Lipinski definition) is 6. The Morgan fingerprint density at radius 3 is 2.67 bits per heavy atom. The molecular weight excluding hydrogens is 470 g/mol. The zero-order valence-electron chi connectivity index (χ0n) is 21.3. The third-order valence-corrected chi connectivity index (χ3v) is 7.91. The van der Waals surface area contributed by atoms with Gasteiger partial charge >= 0.3 is 0 Å². The predicted molar refractivity (Wildman–Crippen MR) is 144 cm³/mol. The number of nitrogens with zero attached hydrogens (tertiary/aromatic N) is 1. The van der Waals surface area contributed by atoms with Crippen molar-refractivity contribution >= 4 is 23.4 Å². The Morgan fingerprint density at radius 2 is 1.92 bits per heavy atom. The second-order valence-corrected chi connectivity index (χ2v) is 11.5. The lowest BCUT2D eigenvalue weighted by Crippen LogP contribution is -2.37. The van der Waals surface area contributed by atoms with E-state index in [0.29, 0.717) is 46.5 Å². The molecule has 0 fully saturated rings. The maximum absolute atomic E-state index is 13.5. The molecule has 36 heavy (non-hydrogen) atoms. The summed E-state index contributed by atoms with van der Waals surface area (Å²) in [5, 5.41) is 3.95. The van der Waals surface area contributed by atoms with Crippen LogP contribution in [0.1, 0.15) is 60.4 Å². The summed E-state index contributed by atoms with van der Waals surface area (Å²) in [7, 11) is 1.61. The maximum Gasteiger partial charge on any atom is 0.257 e. The summed E-state index contributed by atoms with van der Waals surface area (Å²) in [6, 6.07) is 14.0. The third kappa shape index (κ3) is 4.60. The molecule has 0 radical (unpaired) electrons. The Morgan fingerprint density at radius 1 is 1.11 bits per heavy atom. The van der Waals surface area contributed by atoms with Crippen molar-refractivity contribution in [3.05, 3.63) is 91.9 Å². The zero-order chi connectivity index (χ0) is 25.6. The van der Waals surface area contributed by atoms with Crippen LogP contribution in [0.15, 0.2) is 63.7 Å². The van der Waals surface area contributed by atoms with Gasteiger partial charge in [0.15, 0.2) is 10.9 Å². The van der Waals surface area contributed by atoms with Crippen molar-refractivity contribution in [2.24, 2.45) is 5.41 Å². The molecule has 2 aliphatic rings. The molecule has 3 aromatic rings. The van der Waals surface area contributed by atoms with Crippen LogP contribution in [-0.2, 0) is 10.5 Å². The first-order chi connectivity index (χ1) is 17.1. The Balaban J connectivity index is 1.58. The number of aromatic amines is 1. The molecule has 5 rings (SSSR count).